The van der Waals surface area contributed by atoms with Crippen molar-refractivity contribution >= 4 is 27.7 Å². The summed E-state index contributed by atoms with van der Waals surface area (Å²) in [4.78, 5) is 34.4. The van der Waals surface area contributed by atoms with E-state index in [2.05, 4.69) is 4.74 Å². The number of rotatable bonds is 3. The Balaban J connectivity index is 2.45. The van der Waals surface area contributed by atoms with Crippen molar-refractivity contribution < 1.29 is 32.6 Å². The molecule has 0 bridgehead atoms. The normalized spacial score (nSPS) is 35.5. The topological polar surface area (TPSA) is 118 Å². The van der Waals surface area contributed by atoms with Crippen LogP contribution in [0.3, 0.4) is 0 Å². The monoisotopic (exact) mass is 291 g/mol. The molecule has 0 unspecified atom stereocenters. The summed E-state index contributed by atoms with van der Waals surface area (Å²) in [5.74, 6) is -2.65. The van der Waals surface area contributed by atoms with Crippen molar-refractivity contribution in [2.75, 3.05) is 6.61 Å². The lowest BCUT2D eigenvalue weighted by molar-refractivity contribution is -0.159. The van der Waals surface area contributed by atoms with Crippen LogP contribution in [0.25, 0.3) is 0 Å². The molecule has 0 aliphatic carbocycles. The van der Waals surface area contributed by atoms with Gasteiger partial charge in [0.2, 0.25) is 5.91 Å². The Kier molecular flexibility index (Phi) is 2.85. The molecule has 2 saturated heterocycles. The first-order chi connectivity index (χ1) is 8.63. The van der Waals surface area contributed by atoms with Crippen molar-refractivity contribution in [2.24, 2.45) is 0 Å². The number of carboxylic acid groups (broad SMARTS) is 1. The first-order valence-corrected chi connectivity index (χ1v) is 7.08. The van der Waals surface area contributed by atoms with E-state index in [1.807, 2.05) is 0 Å². The summed E-state index contributed by atoms with van der Waals surface area (Å²) in [5.41, 5.74) is 0. The van der Waals surface area contributed by atoms with Crippen LogP contribution < -0.4 is 0 Å². The minimum Gasteiger partial charge on any atom is -0.480 e. The Labute approximate surface area is 109 Å². The van der Waals surface area contributed by atoms with Gasteiger partial charge in [-0.15, -0.1) is 0 Å². The van der Waals surface area contributed by atoms with Crippen LogP contribution in [-0.4, -0.2) is 59.0 Å². The standard InChI is InChI=1S/C10H13NO7S/c1-5(12)18-4-10(2)8(9(14)15)11-6(13)3-7(11)19(10,16)17/h7-8H,3-4H2,1-2H3,(H,14,15)/t7-,8-,10-/m0/s1. The van der Waals surface area contributed by atoms with Gasteiger partial charge in [-0.1, -0.05) is 0 Å². The van der Waals surface area contributed by atoms with Gasteiger partial charge in [0.15, 0.2) is 15.9 Å². The second-order valence-electron chi connectivity index (χ2n) is 4.84. The maximum absolute atomic E-state index is 12.3. The highest BCUT2D eigenvalue weighted by Crippen LogP contribution is 2.46. The Bertz CT molecular complexity index is 568. The number of hydrogen-bond donors (Lipinski definition) is 1. The molecule has 9 heteroatoms. The number of nitrogens with zero attached hydrogens (tertiary/aromatic N) is 1. The summed E-state index contributed by atoms with van der Waals surface area (Å²) >= 11 is 0. The second-order valence-corrected chi connectivity index (χ2v) is 7.41. The molecule has 0 saturated carbocycles. The number of carbonyl (C=O) groups is 3. The first-order valence-electron chi connectivity index (χ1n) is 5.53. The van der Waals surface area contributed by atoms with Crippen molar-refractivity contribution in [3.05, 3.63) is 0 Å². The van der Waals surface area contributed by atoms with Gasteiger partial charge in [-0.05, 0) is 6.92 Å². The summed E-state index contributed by atoms with van der Waals surface area (Å²) < 4.78 is 27.5. The van der Waals surface area contributed by atoms with Crippen molar-refractivity contribution in [1.82, 2.24) is 4.90 Å². The molecule has 2 rings (SSSR count). The highest BCUT2D eigenvalue weighted by Gasteiger charge is 2.70. The third kappa shape index (κ3) is 1.64. The molecule has 2 aliphatic rings. The maximum atomic E-state index is 12.3. The van der Waals surface area contributed by atoms with Crippen LogP contribution in [-0.2, 0) is 29.0 Å². The molecular weight excluding hydrogens is 278 g/mol. The van der Waals surface area contributed by atoms with Gasteiger partial charge < -0.3 is 14.7 Å². The molecule has 1 N–H and O–H groups in total. The minimum absolute atomic E-state index is 0.220. The van der Waals surface area contributed by atoms with E-state index in [4.69, 9.17) is 0 Å². The fourth-order valence-corrected chi connectivity index (χ4v) is 4.79. The molecule has 2 heterocycles. The Morgan fingerprint density at radius 1 is 1.53 bits per heavy atom. The molecule has 0 aromatic carbocycles. The first kappa shape index (κ1) is 13.8. The number of amides is 1. The smallest absolute Gasteiger partial charge is 0.328 e. The predicted molar refractivity (Wildman–Crippen MR) is 60.6 cm³/mol. The largest absolute Gasteiger partial charge is 0.480 e. The molecule has 2 fully saturated rings. The third-order valence-electron chi connectivity index (χ3n) is 3.61. The van der Waals surface area contributed by atoms with Gasteiger partial charge in [0.25, 0.3) is 0 Å². The number of carbonyl (C=O) groups excluding carboxylic acids is 2. The van der Waals surface area contributed by atoms with E-state index in [0.29, 0.717) is 0 Å². The van der Waals surface area contributed by atoms with Crippen LogP contribution in [0.1, 0.15) is 20.3 Å². The number of β-lactam (4-membered cyclic amide) rings is 1. The number of hydrogen-bond acceptors (Lipinski definition) is 6. The average Bonchev–Trinajstić information content (AvgIpc) is 2.41. The summed E-state index contributed by atoms with van der Waals surface area (Å²) in [6, 6.07) is -1.52. The van der Waals surface area contributed by atoms with Crippen LogP contribution in [0.5, 0.6) is 0 Å². The van der Waals surface area contributed by atoms with E-state index in [1.54, 1.807) is 0 Å². The lowest BCUT2D eigenvalue weighted by atomic mass is 9.97. The van der Waals surface area contributed by atoms with Crippen molar-refractivity contribution in [2.45, 2.75) is 36.4 Å². The lowest BCUT2D eigenvalue weighted by Gasteiger charge is -2.35. The van der Waals surface area contributed by atoms with E-state index >= 15 is 0 Å². The number of sulfone groups is 1. The van der Waals surface area contributed by atoms with Crippen LogP contribution in [0.2, 0.25) is 0 Å². The molecule has 0 spiro atoms. The maximum Gasteiger partial charge on any atom is 0.328 e. The van der Waals surface area contributed by atoms with Gasteiger partial charge in [0.05, 0.1) is 6.42 Å². The Morgan fingerprint density at radius 2 is 2.11 bits per heavy atom. The predicted octanol–water partition coefficient (Wildman–Crippen LogP) is -1.25. The zero-order chi connectivity index (χ0) is 14.6. The zero-order valence-electron chi connectivity index (χ0n) is 10.3. The van der Waals surface area contributed by atoms with Crippen molar-refractivity contribution in [3.8, 4) is 0 Å². The van der Waals surface area contributed by atoms with E-state index < -0.39 is 50.5 Å². The van der Waals surface area contributed by atoms with E-state index in [1.165, 1.54) is 6.92 Å². The Morgan fingerprint density at radius 3 is 2.53 bits per heavy atom. The van der Waals surface area contributed by atoms with Gasteiger partial charge in [0.1, 0.15) is 16.7 Å². The van der Waals surface area contributed by atoms with E-state index in [9.17, 15) is 27.9 Å². The van der Waals surface area contributed by atoms with Crippen LogP contribution in [0, 0.1) is 0 Å². The highest BCUT2D eigenvalue weighted by molar-refractivity contribution is 7.94. The molecule has 3 atom stereocenters. The number of esters is 1. The van der Waals surface area contributed by atoms with E-state index in [-0.39, 0.29) is 6.42 Å². The quantitative estimate of drug-likeness (QED) is 0.509. The number of carboxylic acids is 1. The molecular formula is C10H13NO7S. The van der Waals surface area contributed by atoms with Crippen LogP contribution >= 0.6 is 0 Å². The molecule has 8 nitrogen and oxygen atoms in total. The summed E-state index contributed by atoms with van der Waals surface area (Å²) in [5, 5.41) is 8.06. The molecule has 106 valence electrons. The number of aliphatic carboxylic acids is 1. The molecule has 0 aromatic heterocycles. The summed E-state index contributed by atoms with van der Waals surface area (Å²) in [7, 11) is -3.90. The fraction of sp³-hybridized carbons (Fsp3) is 0.700. The summed E-state index contributed by atoms with van der Waals surface area (Å²) in [6.07, 6.45) is -0.220. The fourth-order valence-electron chi connectivity index (χ4n) is 2.52. The lowest BCUT2D eigenvalue weighted by Crippen LogP contribution is -2.58. The molecule has 0 radical (unpaired) electrons. The average molecular weight is 291 g/mol. The molecule has 19 heavy (non-hydrogen) atoms. The van der Waals surface area contributed by atoms with Gasteiger partial charge in [-0.2, -0.15) is 0 Å². The second kappa shape index (κ2) is 3.92. The summed E-state index contributed by atoms with van der Waals surface area (Å²) in [6.45, 7) is 1.71. The van der Waals surface area contributed by atoms with Gasteiger partial charge >= 0.3 is 11.9 Å². The van der Waals surface area contributed by atoms with Gasteiger partial charge in [-0.25, -0.2) is 13.2 Å². The van der Waals surface area contributed by atoms with E-state index in [0.717, 1.165) is 11.8 Å². The minimum atomic E-state index is -3.90. The Hall–Kier alpha value is -1.64. The number of fused-ring (bicyclic) bond motifs is 1. The number of ether oxygens (including phenoxy) is 1. The SMILES string of the molecule is CC(=O)OC[C@@]1(C)[C@H](C(=O)O)N2C(=O)C[C@@H]2S1(=O)=O. The van der Waals surface area contributed by atoms with Gasteiger partial charge in [-0.3, -0.25) is 9.59 Å². The third-order valence-corrected chi connectivity index (χ3v) is 6.36. The zero-order valence-corrected chi connectivity index (χ0v) is 11.1. The van der Waals surface area contributed by atoms with Crippen LogP contribution in [0.4, 0.5) is 0 Å². The van der Waals surface area contributed by atoms with Crippen LogP contribution in [0.15, 0.2) is 0 Å². The molecule has 0 aromatic rings. The van der Waals surface area contributed by atoms with Crippen molar-refractivity contribution in [3.63, 3.8) is 0 Å². The van der Waals surface area contributed by atoms with Crippen molar-refractivity contribution in [1.29, 1.82) is 0 Å². The molecule has 2 aliphatic heterocycles. The highest BCUT2D eigenvalue weighted by atomic mass is 32.2. The molecule has 1 amide bonds. The van der Waals surface area contributed by atoms with Gasteiger partial charge in [0, 0.05) is 6.92 Å².